The van der Waals surface area contributed by atoms with Gasteiger partial charge in [0.1, 0.15) is 5.58 Å². The Bertz CT molecular complexity index is 4030. The van der Waals surface area contributed by atoms with Crippen LogP contribution < -0.4 is 0 Å². The molecule has 12 rings (SSSR count). The van der Waals surface area contributed by atoms with Crippen molar-refractivity contribution >= 4 is 54.5 Å². The molecule has 357 valence electrons. The van der Waals surface area contributed by atoms with E-state index >= 15 is 0 Å². The van der Waals surface area contributed by atoms with Crippen molar-refractivity contribution in [2.75, 3.05) is 0 Å². The molecule has 9 aromatic carbocycles. The summed E-state index contributed by atoms with van der Waals surface area (Å²) in [5.41, 5.74) is 14.3. The fourth-order valence-electron chi connectivity index (χ4n) is 9.94. The molecular formula is C66H56IrN4O-2. The number of hydrogen-bond donors (Lipinski definition) is 0. The molecule has 6 heteroatoms. The van der Waals surface area contributed by atoms with Gasteiger partial charge in [-0.1, -0.05) is 156 Å². The van der Waals surface area contributed by atoms with Gasteiger partial charge < -0.3 is 8.98 Å². The van der Waals surface area contributed by atoms with Crippen LogP contribution in [0.25, 0.3) is 105 Å². The molecule has 0 bridgehead atoms. The standard InChI is InChI=1S/C51H39N2O.C15H17N2.Ir/c1-31(2)42-28-38(36-18-12-17-35(26-36)33-14-6-5-7-15-33)29-43(32(3)4)49(42)53-47-23-11-10-22-46(47)52-51(53)41-21-13-20-40-45-27-37-25-24-34-16-8-9-19-39(34)44(37)30-48(45)54-50(40)41;1-11-10-16-14(12-8-6-5-7-9-12)17-13(11)15(2,3)4;/h5-20,22-32H,1-4H3;5-8,10H,1-4H3;/q2*-1;/i;1D3;. The van der Waals surface area contributed by atoms with Gasteiger partial charge in [-0.3, -0.25) is 15.0 Å². The summed E-state index contributed by atoms with van der Waals surface area (Å²) in [5.74, 6) is 1.83. The Morgan fingerprint density at radius 2 is 1.28 bits per heavy atom. The normalized spacial score (nSPS) is 12.5. The number of hydrogen-bond acceptors (Lipinski definition) is 4. The minimum absolute atomic E-state index is 0. The van der Waals surface area contributed by atoms with Crippen LogP contribution in [0.3, 0.4) is 0 Å². The summed E-state index contributed by atoms with van der Waals surface area (Å²) in [6.45, 7) is 12.8. The molecule has 0 atom stereocenters. The Labute approximate surface area is 440 Å². The van der Waals surface area contributed by atoms with Gasteiger partial charge in [-0.2, -0.15) is 0 Å². The summed E-state index contributed by atoms with van der Waals surface area (Å²) in [7, 11) is 0. The Balaban J connectivity index is 0.000000258. The fraction of sp³-hybridized carbons (Fsp3) is 0.167. The minimum Gasteiger partial charge on any atom is -0.501 e. The van der Waals surface area contributed by atoms with Crippen molar-refractivity contribution in [3.05, 3.63) is 217 Å². The number of aromatic nitrogens is 4. The third-order valence-electron chi connectivity index (χ3n) is 13.5. The summed E-state index contributed by atoms with van der Waals surface area (Å²) in [6, 6.07) is 68.5. The monoisotopic (exact) mass is 1120 g/mol. The maximum absolute atomic E-state index is 7.61. The Hall–Kier alpha value is -7.50. The predicted molar refractivity (Wildman–Crippen MR) is 296 cm³/mol. The van der Waals surface area contributed by atoms with Crippen molar-refractivity contribution in [2.24, 2.45) is 0 Å². The molecule has 0 amide bonds. The van der Waals surface area contributed by atoms with Crippen LogP contribution in [0, 0.1) is 19.0 Å². The van der Waals surface area contributed by atoms with Gasteiger partial charge in [-0.05, 0) is 122 Å². The predicted octanol–water partition coefficient (Wildman–Crippen LogP) is 17.8. The molecule has 0 spiro atoms. The van der Waals surface area contributed by atoms with Crippen LogP contribution in [-0.2, 0) is 25.5 Å². The Morgan fingerprint density at radius 3 is 2.01 bits per heavy atom. The maximum Gasteiger partial charge on any atom is 0.121 e. The summed E-state index contributed by atoms with van der Waals surface area (Å²) in [4.78, 5) is 14.0. The molecular weight excluding hydrogens is 1060 g/mol. The van der Waals surface area contributed by atoms with E-state index in [1.165, 1.54) is 66.8 Å². The van der Waals surface area contributed by atoms with Gasteiger partial charge >= 0.3 is 0 Å². The molecule has 72 heavy (non-hydrogen) atoms. The van der Waals surface area contributed by atoms with E-state index in [1.54, 1.807) is 6.07 Å². The molecule has 0 aliphatic heterocycles. The summed E-state index contributed by atoms with van der Waals surface area (Å²) >= 11 is 0. The quantitative estimate of drug-likeness (QED) is 0.118. The van der Waals surface area contributed by atoms with Crippen LogP contribution in [-0.4, -0.2) is 19.5 Å². The van der Waals surface area contributed by atoms with Gasteiger partial charge in [-0.15, -0.1) is 54.1 Å². The molecule has 3 aromatic heterocycles. The molecule has 5 nitrogen and oxygen atoms in total. The second-order valence-corrected chi connectivity index (χ2v) is 20.1. The smallest absolute Gasteiger partial charge is 0.121 e. The zero-order valence-corrected chi connectivity index (χ0v) is 43.9. The molecule has 0 saturated carbocycles. The molecule has 0 unspecified atom stereocenters. The number of furan rings is 1. The molecule has 12 aromatic rings. The van der Waals surface area contributed by atoms with E-state index in [1.807, 2.05) is 45.0 Å². The largest absolute Gasteiger partial charge is 0.501 e. The minimum atomic E-state index is -2.21. The average molecular weight is 1120 g/mol. The zero-order chi connectivity index (χ0) is 51.5. The van der Waals surface area contributed by atoms with E-state index in [2.05, 4.69) is 200 Å². The van der Waals surface area contributed by atoms with Gasteiger partial charge in [0.2, 0.25) is 0 Å². The second kappa shape index (κ2) is 19.6. The SMILES string of the molecule is CC(C)c1cc(-c2cccc(-c3ccccc3)c2)cc(C(C)C)c1-n1c(-c2[c-]ccc3c2oc2cc4c(ccc5ccccc54)cc23)nc2ccccc21.[2H]C([2H])([2H])c1cnc(-c2[c-]cccc2)nc1C(C)(C)C.[Ir]. The number of nitrogens with zero attached hydrogens (tertiary/aromatic N) is 4. The molecule has 1 radical (unpaired) electrons. The van der Waals surface area contributed by atoms with Crippen molar-refractivity contribution in [1.82, 2.24) is 19.5 Å². The number of para-hydroxylation sites is 2. The van der Waals surface area contributed by atoms with Crippen LogP contribution in [0.15, 0.2) is 187 Å². The van der Waals surface area contributed by atoms with Crippen LogP contribution in [0.4, 0.5) is 0 Å². The van der Waals surface area contributed by atoms with Gasteiger partial charge in [0.15, 0.2) is 0 Å². The van der Waals surface area contributed by atoms with Crippen molar-refractivity contribution in [2.45, 2.75) is 72.6 Å². The van der Waals surface area contributed by atoms with E-state index in [9.17, 15) is 0 Å². The molecule has 0 N–H and O–H groups in total. The first kappa shape index (κ1) is 44.4. The topological polar surface area (TPSA) is 56.7 Å². The number of fused-ring (bicyclic) bond motifs is 7. The van der Waals surface area contributed by atoms with Crippen LogP contribution in [0.2, 0.25) is 0 Å². The zero-order valence-electron chi connectivity index (χ0n) is 44.5. The first-order valence-electron chi connectivity index (χ1n) is 26.0. The number of rotatable bonds is 7. The maximum atomic E-state index is 7.61. The van der Waals surface area contributed by atoms with E-state index in [-0.39, 0.29) is 42.9 Å². The molecule has 0 saturated heterocycles. The van der Waals surface area contributed by atoms with Crippen LogP contribution in [0.5, 0.6) is 0 Å². The Morgan fingerprint density at radius 1 is 0.583 bits per heavy atom. The number of aryl methyl sites for hydroxylation is 1. The van der Waals surface area contributed by atoms with Crippen LogP contribution in [0.1, 0.15) is 86.8 Å². The van der Waals surface area contributed by atoms with E-state index in [0.717, 1.165) is 49.9 Å². The first-order valence-corrected chi connectivity index (χ1v) is 24.5. The fourth-order valence-corrected chi connectivity index (χ4v) is 9.94. The number of imidazole rings is 1. The average Bonchev–Trinajstić information content (AvgIpc) is 3.98. The van der Waals surface area contributed by atoms with E-state index in [0.29, 0.717) is 11.5 Å². The van der Waals surface area contributed by atoms with Crippen molar-refractivity contribution in [3.8, 4) is 50.7 Å². The Kier molecular flexibility index (Phi) is 12.1. The second-order valence-electron chi connectivity index (χ2n) is 20.1. The number of benzene rings is 9. The van der Waals surface area contributed by atoms with Gasteiger partial charge in [0.05, 0.1) is 28.3 Å². The molecule has 0 aliphatic carbocycles. The van der Waals surface area contributed by atoms with Crippen molar-refractivity contribution < 1.29 is 28.6 Å². The van der Waals surface area contributed by atoms with E-state index in [4.69, 9.17) is 13.5 Å². The summed E-state index contributed by atoms with van der Waals surface area (Å²) in [5, 5.41) is 6.99. The summed E-state index contributed by atoms with van der Waals surface area (Å²) in [6.07, 6.45) is 1.41. The van der Waals surface area contributed by atoms with Crippen molar-refractivity contribution in [3.63, 3.8) is 0 Å². The van der Waals surface area contributed by atoms with E-state index < -0.39 is 6.85 Å². The third-order valence-corrected chi connectivity index (χ3v) is 13.5. The summed E-state index contributed by atoms with van der Waals surface area (Å²) < 4.78 is 32.1. The molecule has 3 heterocycles. The first-order chi connectivity index (χ1) is 35.6. The van der Waals surface area contributed by atoms with Gasteiger partial charge in [-0.25, -0.2) is 0 Å². The molecule has 0 aliphatic rings. The van der Waals surface area contributed by atoms with Crippen LogP contribution >= 0.6 is 0 Å². The van der Waals surface area contributed by atoms with Gasteiger partial charge in [0.25, 0.3) is 0 Å². The van der Waals surface area contributed by atoms with Gasteiger partial charge in [0, 0.05) is 52.6 Å². The third kappa shape index (κ3) is 8.95. The molecule has 0 fully saturated rings. The van der Waals surface area contributed by atoms with Crippen molar-refractivity contribution in [1.29, 1.82) is 0 Å².